The average molecular weight is 494 g/mol. The fourth-order valence-electron chi connectivity index (χ4n) is 4.28. The highest BCUT2D eigenvalue weighted by molar-refractivity contribution is 7.98. The van der Waals surface area contributed by atoms with E-state index in [9.17, 15) is 14.9 Å². The van der Waals surface area contributed by atoms with Gasteiger partial charge in [-0.1, -0.05) is 30.3 Å². The molecule has 2 heterocycles. The summed E-state index contributed by atoms with van der Waals surface area (Å²) in [6.07, 6.45) is 5.35. The molecule has 34 heavy (non-hydrogen) atoms. The first kappa shape index (κ1) is 22.6. The van der Waals surface area contributed by atoms with Crippen molar-refractivity contribution in [3.8, 4) is 11.4 Å². The standard InChI is InChI=1S/C25H23N3O4S2/c1-32-19-13-11-17(12-14-19)27-24(29)22-20-5-3-2-4-6-21(20)34-23(22)26-25(27)33-15-16-7-9-18(10-8-16)28(30)31/h7-14H,2-6,15H2,1H3. The maximum atomic E-state index is 13.9. The summed E-state index contributed by atoms with van der Waals surface area (Å²) in [5.74, 6) is 1.26. The summed E-state index contributed by atoms with van der Waals surface area (Å²) in [7, 11) is 1.61. The molecule has 0 saturated heterocycles. The van der Waals surface area contributed by atoms with Crippen LogP contribution in [0.2, 0.25) is 0 Å². The summed E-state index contributed by atoms with van der Waals surface area (Å²) < 4.78 is 6.98. The molecule has 7 nitrogen and oxygen atoms in total. The average Bonchev–Trinajstić information content (AvgIpc) is 3.04. The van der Waals surface area contributed by atoms with Gasteiger partial charge in [0, 0.05) is 22.8 Å². The van der Waals surface area contributed by atoms with Gasteiger partial charge < -0.3 is 4.74 Å². The van der Waals surface area contributed by atoms with Crippen molar-refractivity contribution in [3.05, 3.63) is 85.0 Å². The van der Waals surface area contributed by atoms with E-state index in [0.717, 1.165) is 52.9 Å². The van der Waals surface area contributed by atoms with E-state index in [2.05, 4.69) is 0 Å². The minimum atomic E-state index is -0.408. The number of ether oxygens (including phenoxy) is 1. The number of aromatic nitrogens is 2. The number of rotatable bonds is 6. The Morgan fingerprint density at radius 1 is 1.09 bits per heavy atom. The molecule has 0 saturated carbocycles. The molecular weight excluding hydrogens is 470 g/mol. The molecule has 0 bridgehead atoms. The van der Waals surface area contributed by atoms with E-state index >= 15 is 0 Å². The molecule has 5 rings (SSSR count). The molecule has 0 radical (unpaired) electrons. The zero-order chi connectivity index (χ0) is 23.7. The predicted octanol–water partition coefficient (Wildman–Crippen LogP) is 5.93. The van der Waals surface area contributed by atoms with Crippen molar-refractivity contribution in [1.29, 1.82) is 0 Å². The van der Waals surface area contributed by atoms with Crippen LogP contribution in [0.3, 0.4) is 0 Å². The number of hydrogen-bond donors (Lipinski definition) is 0. The minimum Gasteiger partial charge on any atom is -0.497 e. The number of nitro benzene ring substituents is 1. The lowest BCUT2D eigenvalue weighted by molar-refractivity contribution is -0.384. The molecule has 0 N–H and O–H groups in total. The Morgan fingerprint density at radius 2 is 1.82 bits per heavy atom. The molecule has 2 aromatic carbocycles. The Hall–Kier alpha value is -3.17. The third-order valence-electron chi connectivity index (χ3n) is 6.05. The molecule has 0 unspecified atom stereocenters. The number of hydrogen-bond acceptors (Lipinski definition) is 7. The van der Waals surface area contributed by atoms with Crippen LogP contribution in [0, 0.1) is 10.1 Å². The minimum absolute atomic E-state index is 0.0410. The first-order chi connectivity index (χ1) is 16.5. The molecule has 0 atom stereocenters. The third-order valence-corrected chi connectivity index (χ3v) is 8.25. The number of thiophene rings is 1. The van der Waals surface area contributed by atoms with Crippen molar-refractivity contribution >= 4 is 39.0 Å². The highest BCUT2D eigenvalue weighted by Gasteiger charge is 2.22. The van der Waals surface area contributed by atoms with E-state index in [-0.39, 0.29) is 11.2 Å². The normalized spacial score (nSPS) is 13.4. The molecule has 174 valence electrons. The molecule has 1 aliphatic carbocycles. The van der Waals surface area contributed by atoms with Crippen LogP contribution in [0.15, 0.2) is 58.5 Å². The zero-order valence-electron chi connectivity index (χ0n) is 18.7. The molecule has 0 amide bonds. The van der Waals surface area contributed by atoms with Crippen LogP contribution >= 0.6 is 23.1 Å². The van der Waals surface area contributed by atoms with Crippen LogP contribution in [-0.2, 0) is 18.6 Å². The van der Waals surface area contributed by atoms with E-state index < -0.39 is 4.92 Å². The summed E-state index contributed by atoms with van der Waals surface area (Å²) in [5, 5.41) is 12.3. The number of benzene rings is 2. The number of aryl methyl sites for hydroxylation is 2. The van der Waals surface area contributed by atoms with Gasteiger partial charge in [0.2, 0.25) is 0 Å². The molecule has 9 heteroatoms. The first-order valence-electron chi connectivity index (χ1n) is 11.1. The van der Waals surface area contributed by atoms with Gasteiger partial charge in [-0.25, -0.2) is 4.98 Å². The number of nitrogens with zero attached hydrogens (tertiary/aromatic N) is 3. The number of nitro groups is 1. The van der Waals surface area contributed by atoms with Crippen LogP contribution < -0.4 is 10.3 Å². The maximum absolute atomic E-state index is 13.9. The highest BCUT2D eigenvalue weighted by Crippen LogP contribution is 2.35. The maximum Gasteiger partial charge on any atom is 0.269 e. The van der Waals surface area contributed by atoms with Crippen molar-refractivity contribution in [2.75, 3.05) is 7.11 Å². The number of methoxy groups -OCH3 is 1. The van der Waals surface area contributed by atoms with Gasteiger partial charge in [-0.05, 0) is 61.1 Å². The van der Waals surface area contributed by atoms with Crippen LogP contribution in [0.1, 0.15) is 35.3 Å². The van der Waals surface area contributed by atoms with Gasteiger partial charge in [0.15, 0.2) is 5.16 Å². The Bertz CT molecular complexity index is 1410. The zero-order valence-corrected chi connectivity index (χ0v) is 20.3. The van der Waals surface area contributed by atoms with E-state index in [4.69, 9.17) is 9.72 Å². The van der Waals surface area contributed by atoms with Crippen molar-refractivity contribution in [3.63, 3.8) is 0 Å². The van der Waals surface area contributed by atoms with Crippen molar-refractivity contribution in [2.45, 2.75) is 43.0 Å². The van der Waals surface area contributed by atoms with Gasteiger partial charge in [-0.3, -0.25) is 19.5 Å². The number of thioether (sulfide) groups is 1. The summed E-state index contributed by atoms with van der Waals surface area (Å²) in [6, 6.07) is 13.9. The molecule has 0 fully saturated rings. The van der Waals surface area contributed by atoms with Crippen molar-refractivity contribution in [2.24, 2.45) is 0 Å². The fraction of sp³-hybridized carbons (Fsp3) is 0.280. The van der Waals surface area contributed by atoms with Gasteiger partial charge in [-0.15, -0.1) is 11.3 Å². The van der Waals surface area contributed by atoms with Crippen LogP contribution in [0.5, 0.6) is 5.75 Å². The lowest BCUT2D eigenvalue weighted by Crippen LogP contribution is -2.22. The summed E-state index contributed by atoms with van der Waals surface area (Å²) in [5.41, 5.74) is 2.85. The van der Waals surface area contributed by atoms with Gasteiger partial charge in [0.25, 0.3) is 11.2 Å². The molecule has 4 aromatic rings. The van der Waals surface area contributed by atoms with E-state index in [1.807, 2.05) is 24.3 Å². The summed E-state index contributed by atoms with van der Waals surface area (Å²) >= 11 is 3.10. The molecule has 0 spiro atoms. The summed E-state index contributed by atoms with van der Waals surface area (Å²) in [6.45, 7) is 0. The third kappa shape index (κ3) is 4.33. The van der Waals surface area contributed by atoms with Crippen molar-refractivity contribution < 1.29 is 9.66 Å². The smallest absolute Gasteiger partial charge is 0.269 e. The van der Waals surface area contributed by atoms with Gasteiger partial charge in [-0.2, -0.15) is 0 Å². The predicted molar refractivity (Wildman–Crippen MR) is 136 cm³/mol. The molecular formula is C25H23N3O4S2. The van der Waals surface area contributed by atoms with E-state index in [0.29, 0.717) is 10.9 Å². The first-order valence-corrected chi connectivity index (χ1v) is 12.9. The second-order valence-corrected chi connectivity index (χ2v) is 10.2. The quantitative estimate of drug-likeness (QED) is 0.109. The SMILES string of the molecule is COc1ccc(-n2c(SCc3ccc([N+](=O)[O-])cc3)nc3sc4c(c3c2=O)CCCCC4)cc1. The topological polar surface area (TPSA) is 87.3 Å². The van der Waals surface area contributed by atoms with Gasteiger partial charge in [0.05, 0.1) is 23.1 Å². The molecule has 1 aliphatic rings. The largest absolute Gasteiger partial charge is 0.497 e. The number of non-ortho nitro benzene ring substituents is 1. The lowest BCUT2D eigenvalue weighted by Gasteiger charge is -2.13. The Kier molecular flexibility index (Phi) is 6.38. The lowest BCUT2D eigenvalue weighted by atomic mass is 10.1. The molecule has 2 aromatic heterocycles. The Labute approximate surface area is 204 Å². The van der Waals surface area contributed by atoms with E-state index in [1.54, 1.807) is 35.1 Å². The van der Waals surface area contributed by atoms with Crippen LogP contribution in [-0.4, -0.2) is 21.6 Å². The Morgan fingerprint density at radius 3 is 2.53 bits per heavy atom. The van der Waals surface area contributed by atoms with Crippen LogP contribution in [0.4, 0.5) is 5.69 Å². The van der Waals surface area contributed by atoms with Gasteiger partial charge in [0.1, 0.15) is 10.6 Å². The van der Waals surface area contributed by atoms with Gasteiger partial charge >= 0.3 is 0 Å². The second kappa shape index (κ2) is 9.60. The fourth-order valence-corrected chi connectivity index (χ4v) is 6.55. The van der Waals surface area contributed by atoms with E-state index in [1.165, 1.54) is 40.8 Å². The summed E-state index contributed by atoms with van der Waals surface area (Å²) in [4.78, 5) is 31.5. The van der Waals surface area contributed by atoms with Crippen LogP contribution in [0.25, 0.3) is 15.9 Å². The Balaban J connectivity index is 1.59. The number of fused-ring (bicyclic) bond motifs is 3. The monoisotopic (exact) mass is 493 g/mol. The van der Waals surface area contributed by atoms with Crippen molar-refractivity contribution in [1.82, 2.24) is 9.55 Å². The second-order valence-electron chi connectivity index (χ2n) is 8.19. The highest BCUT2D eigenvalue weighted by atomic mass is 32.2. The molecule has 0 aliphatic heterocycles.